The van der Waals surface area contributed by atoms with Gasteiger partial charge in [0.25, 0.3) is 0 Å². The van der Waals surface area contributed by atoms with Crippen molar-refractivity contribution in [1.82, 2.24) is 5.43 Å². The number of nitrogens with two attached hydrogens (primary N) is 1. The first kappa shape index (κ1) is 11.0. The van der Waals surface area contributed by atoms with Crippen LogP contribution in [0.1, 0.15) is 39.5 Å². The Bertz CT molecular complexity index is 133. The van der Waals surface area contributed by atoms with Crippen molar-refractivity contribution in [2.75, 3.05) is 6.61 Å². The Morgan fingerprint density at radius 1 is 1.38 bits per heavy atom. The van der Waals surface area contributed by atoms with Gasteiger partial charge in [-0.25, -0.2) is 0 Å². The summed E-state index contributed by atoms with van der Waals surface area (Å²) >= 11 is 0. The quantitative estimate of drug-likeness (QED) is 0.504. The minimum absolute atomic E-state index is 0.303. The molecule has 0 aliphatic heterocycles. The minimum Gasteiger partial charge on any atom is -0.377 e. The summed E-state index contributed by atoms with van der Waals surface area (Å²) in [6, 6.07) is 0.352. The fraction of sp³-hybridized carbons (Fsp3) is 1.00. The van der Waals surface area contributed by atoms with Crippen molar-refractivity contribution < 1.29 is 4.74 Å². The maximum absolute atomic E-state index is 5.56. The van der Waals surface area contributed by atoms with E-state index in [1.807, 2.05) is 0 Å². The van der Waals surface area contributed by atoms with E-state index in [0.717, 1.165) is 12.5 Å². The van der Waals surface area contributed by atoms with E-state index in [1.165, 1.54) is 25.7 Å². The van der Waals surface area contributed by atoms with E-state index in [2.05, 4.69) is 19.3 Å². The van der Waals surface area contributed by atoms with Gasteiger partial charge in [-0.15, -0.1) is 0 Å². The lowest BCUT2D eigenvalue weighted by Crippen LogP contribution is -2.43. The number of hydrogen-bond donors (Lipinski definition) is 2. The zero-order valence-electron chi connectivity index (χ0n) is 8.75. The predicted molar refractivity (Wildman–Crippen MR) is 54.2 cm³/mol. The summed E-state index contributed by atoms with van der Waals surface area (Å²) in [6.45, 7) is 4.86. The fourth-order valence-electron chi connectivity index (χ4n) is 1.98. The Labute approximate surface area is 81.0 Å². The third-order valence-corrected chi connectivity index (χ3v) is 2.79. The van der Waals surface area contributed by atoms with Crippen LogP contribution in [0.15, 0.2) is 0 Å². The van der Waals surface area contributed by atoms with Gasteiger partial charge in [0, 0.05) is 6.04 Å². The molecule has 1 rings (SSSR count). The van der Waals surface area contributed by atoms with Crippen molar-refractivity contribution >= 4 is 0 Å². The first-order valence-electron chi connectivity index (χ1n) is 5.31. The van der Waals surface area contributed by atoms with Crippen LogP contribution >= 0.6 is 0 Å². The number of nitrogens with one attached hydrogen (secondary N) is 1. The Kier molecular flexibility index (Phi) is 4.70. The lowest BCUT2D eigenvalue weighted by Gasteiger charge is -2.23. The third kappa shape index (κ3) is 3.63. The number of rotatable bonds is 5. The van der Waals surface area contributed by atoms with Crippen LogP contribution in [-0.4, -0.2) is 18.8 Å². The Morgan fingerprint density at radius 3 is 2.46 bits per heavy atom. The van der Waals surface area contributed by atoms with E-state index in [9.17, 15) is 0 Å². The zero-order chi connectivity index (χ0) is 9.68. The average molecular weight is 186 g/mol. The molecule has 0 bridgehead atoms. The molecular formula is C10H22N2O. The molecule has 0 heterocycles. The fourth-order valence-corrected chi connectivity index (χ4v) is 1.98. The summed E-state index contributed by atoms with van der Waals surface area (Å²) in [7, 11) is 0. The van der Waals surface area contributed by atoms with Crippen molar-refractivity contribution in [3.05, 3.63) is 0 Å². The monoisotopic (exact) mass is 186 g/mol. The maximum atomic E-state index is 5.56. The Morgan fingerprint density at radius 2 is 2.00 bits per heavy atom. The van der Waals surface area contributed by atoms with Crippen LogP contribution in [0.4, 0.5) is 0 Å². The number of hydrazine groups is 1. The van der Waals surface area contributed by atoms with Crippen molar-refractivity contribution in [1.29, 1.82) is 0 Å². The van der Waals surface area contributed by atoms with Gasteiger partial charge in [0.1, 0.15) is 0 Å². The molecule has 1 aliphatic carbocycles. The van der Waals surface area contributed by atoms with Crippen LogP contribution in [0, 0.1) is 5.92 Å². The molecule has 0 aromatic rings. The summed E-state index contributed by atoms with van der Waals surface area (Å²) in [4.78, 5) is 0. The van der Waals surface area contributed by atoms with Crippen LogP contribution in [0.25, 0.3) is 0 Å². The largest absolute Gasteiger partial charge is 0.377 e. The summed E-state index contributed by atoms with van der Waals surface area (Å²) in [5.74, 6) is 6.23. The molecule has 3 N–H and O–H groups in total. The molecule has 0 aromatic carbocycles. The van der Waals surface area contributed by atoms with Crippen LogP contribution in [-0.2, 0) is 4.74 Å². The molecule has 0 aromatic heterocycles. The van der Waals surface area contributed by atoms with E-state index in [1.54, 1.807) is 0 Å². The summed E-state index contributed by atoms with van der Waals surface area (Å²) < 4.78 is 5.56. The van der Waals surface area contributed by atoms with E-state index in [0.29, 0.717) is 12.1 Å². The van der Waals surface area contributed by atoms with Gasteiger partial charge in [-0.1, -0.05) is 12.8 Å². The first-order valence-corrected chi connectivity index (χ1v) is 5.31. The highest BCUT2D eigenvalue weighted by molar-refractivity contribution is 4.78. The molecule has 13 heavy (non-hydrogen) atoms. The summed E-state index contributed by atoms with van der Waals surface area (Å²) in [6.07, 6.45) is 5.61. The molecule has 3 heteroatoms. The van der Waals surface area contributed by atoms with Crippen LogP contribution < -0.4 is 11.3 Å². The van der Waals surface area contributed by atoms with E-state index < -0.39 is 0 Å². The van der Waals surface area contributed by atoms with Gasteiger partial charge in [-0.05, 0) is 32.6 Å². The molecular weight excluding hydrogens is 164 g/mol. The molecule has 0 saturated heterocycles. The van der Waals surface area contributed by atoms with E-state index in [4.69, 9.17) is 10.6 Å². The van der Waals surface area contributed by atoms with Crippen LogP contribution in [0.2, 0.25) is 0 Å². The molecule has 3 nitrogen and oxygen atoms in total. The highest BCUT2D eigenvalue weighted by atomic mass is 16.5. The van der Waals surface area contributed by atoms with Gasteiger partial charge in [0.15, 0.2) is 0 Å². The predicted octanol–water partition coefficient (Wildman–Crippen LogP) is 1.43. The summed E-state index contributed by atoms with van der Waals surface area (Å²) in [5, 5.41) is 0. The molecule has 0 amide bonds. The third-order valence-electron chi connectivity index (χ3n) is 2.79. The average Bonchev–Trinajstić information content (AvgIpc) is 2.58. The lowest BCUT2D eigenvalue weighted by atomic mass is 9.99. The van der Waals surface area contributed by atoms with Gasteiger partial charge < -0.3 is 4.74 Å². The smallest absolute Gasteiger partial charge is 0.0639 e. The molecule has 1 atom stereocenters. The second-order valence-electron chi connectivity index (χ2n) is 4.20. The van der Waals surface area contributed by atoms with Crippen LogP contribution in [0.3, 0.4) is 0 Å². The molecule has 1 unspecified atom stereocenters. The second kappa shape index (κ2) is 5.58. The molecule has 1 aliphatic rings. The number of ether oxygens (including phenoxy) is 1. The second-order valence-corrected chi connectivity index (χ2v) is 4.20. The molecule has 0 radical (unpaired) electrons. The Balaban J connectivity index is 2.24. The van der Waals surface area contributed by atoms with Gasteiger partial charge >= 0.3 is 0 Å². The topological polar surface area (TPSA) is 47.3 Å². The lowest BCUT2D eigenvalue weighted by molar-refractivity contribution is 0.0487. The van der Waals surface area contributed by atoms with Crippen molar-refractivity contribution in [3.63, 3.8) is 0 Å². The highest BCUT2D eigenvalue weighted by Crippen LogP contribution is 2.27. The van der Waals surface area contributed by atoms with Gasteiger partial charge in [-0.3, -0.25) is 11.3 Å². The summed E-state index contributed by atoms with van der Waals surface area (Å²) in [5.41, 5.74) is 2.87. The molecule has 1 saturated carbocycles. The number of hydrogen-bond acceptors (Lipinski definition) is 3. The first-order chi connectivity index (χ1) is 6.24. The van der Waals surface area contributed by atoms with Gasteiger partial charge in [0.2, 0.25) is 0 Å². The molecule has 1 fully saturated rings. The minimum atomic E-state index is 0.303. The Hall–Kier alpha value is -0.120. The maximum Gasteiger partial charge on any atom is 0.0639 e. The highest BCUT2D eigenvalue weighted by Gasteiger charge is 2.24. The van der Waals surface area contributed by atoms with E-state index in [-0.39, 0.29) is 0 Å². The van der Waals surface area contributed by atoms with Crippen molar-refractivity contribution in [2.24, 2.45) is 11.8 Å². The van der Waals surface area contributed by atoms with Crippen LogP contribution in [0.5, 0.6) is 0 Å². The zero-order valence-corrected chi connectivity index (χ0v) is 8.75. The van der Waals surface area contributed by atoms with Gasteiger partial charge in [0.05, 0.1) is 12.7 Å². The molecule has 78 valence electrons. The van der Waals surface area contributed by atoms with Crippen molar-refractivity contribution in [2.45, 2.75) is 51.7 Å². The van der Waals surface area contributed by atoms with Crippen molar-refractivity contribution in [3.8, 4) is 0 Å². The van der Waals surface area contributed by atoms with Gasteiger partial charge in [-0.2, -0.15) is 0 Å². The standard InChI is InChI=1S/C10H22N2O/c1-8(2)13-7-10(12-11)9-5-3-4-6-9/h8-10,12H,3-7,11H2,1-2H3. The SMILES string of the molecule is CC(C)OCC(NN)C1CCCC1. The van der Waals surface area contributed by atoms with E-state index >= 15 is 0 Å². The molecule has 0 spiro atoms. The normalized spacial score (nSPS) is 21.2.